The van der Waals surface area contributed by atoms with Gasteiger partial charge in [-0.2, -0.15) is 5.26 Å². The van der Waals surface area contributed by atoms with Crippen LogP contribution in [-0.2, 0) is 0 Å². The van der Waals surface area contributed by atoms with E-state index in [-0.39, 0.29) is 18.1 Å². The van der Waals surface area contributed by atoms with Gasteiger partial charge < -0.3 is 0 Å². The molecule has 2 fully saturated rings. The second kappa shape index (κ2) is 9.31. The van der Waals surface area contributed by atoms with E-state index in [4.69, 9.17) is 5.26 Å². The van der Waals surface area contributed by atoms with Gasteiger partial charge in [-0.15, -0.1) is 0 Å². The van der Waals surface area contributed by atoms with Crippen LogP contribution in [0, 0.1) is 34.9 Å². The summed E-state index contributed by atoms with van der Waals surface area (Å²) < 4.78 is 26.0. The molecule has 0 saturated heterocycles. The van der Waals surface area contributed by atoms with E-state index >= 15 is 0 Å². The maximum absolute atomic E-state index is 13.9. The molecule has 0 radical (unpaired) electrons. The van der Waals surface area contributed by atoms with Gasteiger partial charge in [-0.1, -0.05) is 18.2 Å². The van der Waals surface area contributed by atoms with Gasteiger partial charge in [-0.25, -0.2) is 8.78 Å². The van der Waals surface area contributed by atoms with Gasteiger partial charge in [0, 0.05) is 0 Å². The number of alkyl halides is 1. The van der Waals surface area contributed by atoms with E-state index in [1.165, 1.54) is 38.5 Å². The van der Waals surface area contributed by atoms with E-state index < -0.39 is 0 Å². The van der Waals surface area contributed by atoms with E-state index in [0.717, 1.165) is 42.6 Å². The molecule has 0 aliphatic heterocycles. The number of hydrogen-bond acceptors (Lipinski definition) is 1. The molecule has 0 unspecified atom stereocenters. The van der Waals surface area contributed by atoms with Gasteiger partial charge in [0.05, 0.1) is 5.56 Å². The molecule has 2 saturated carbocycles. The molecule has 2 aliphatic rings. The van der Waals surface area contributed by atoms with Crippen molar-refractivity contribution in [2.24, 2.45) is 17.8 Å². The molecular weight excluding hydrogens is 328 g/mol. The summed E-state index contributed by atoms with van der Waals surface area (Å²) >= 11 is 0. The van der Waals surface area contributed by atoms with Gasteiger partial charge in [0.2, 0.25) is 0 Å². The summed E-state index contributed by atoms with van der Waals surface area (Å²) in [7, 11) is 0. The summed E-state index contributed by atoms with van der Waals surface area (Å²) in [5.74, 6) is 2.46. The Bertz CT molecular complexity index is 645. The number of allylic oxidation sites excluding steroid dienone is 2. The maximum Gasteiger partial charge on any atom is 0.141 e. The Hall–Kier alpha value is -1.69. The second-order valence-corrected chi connectivity index (χ2v) is 8.11. The molecule has 1 aromatic carbocycles. The minimum Gasteiger partial charge on any atom is -0.247 e. The van der Waals surface area contributed by atoms with E-state index in [2.05, 4.69) is 0 Å². The lowest BCUT2D eigenvalue weighted by Gasteiger charge is -2.38. The predicted octanol–water partition coefficient (Wildman–Crippen LogP) is 6.69. The van der Waals surface area contributed by atoms with Crippen LogP contribution in [-0.4, -0.2) is 6.67 Å². The molecule has 0 aromatic heterocycles. The van der Waals surface area contributed by atoms with Crippen molar-refractivity contribution in [1.29, 1.82) is 5.26 Å². The first kappa shape index (κ1) is 19.1. The Morgan fingerprint density at radius 1 is 0.962 bits per heavy atom. The van der Waals surface area contributed by atoms with Crippen molar-refractivity contribution in [3.8, 4) is 6.07 Å². The number of nitrogens with zero attached hydrogens (tertiary/aromatic N) is 1. The number of rotatable bonds is 5. The first-order chi connectivity index (χ1) is 12.7. The number of benzene rings is 1. The first-order valence-electron chi connectivity index (χ1n) is 10.1. The molecule has 0 spiro atoms. The van der Waals surface area contributed by atoms with Crippen molar-refractivity contribution in [3.63, 3.8) is 0 Å². The fourth-order valence-electron chi connectivity index (χ4n) is 5.05. The number of hydrogen-bond donors (Lipinski definition) is 0. The van der Waals surface area contributed by atoms with Crippen LogP contribution in [0.2, 0.25) is 0 Å². The molecule has 0 heterocycles. The Balaban J connectivity index is 1.46. The third-order valence-electron chi connectivity index (χ3n) is 6.64. The van der Waals surface area contributed by atoms with Crippen molar-refractivity contribution in [2.45, 2.75) is 63.7 Å². The van der Waals surface area contributed by atoms with Crippen molar-refractivity contribution >= 4 is 0 Å². The third-order valence-corrected chi connectivity index (χ3v) is 6.64. The summed E-state index contributed by atoms with van der Waals surface area (Å²) in [5.41, 5.74) is 1.20. The zero-order chi connectivity index (χ0) is 18.4. The molecule has 3 rings (SSSR count). The Labute approximate surface area is 156 Å². The summed E-state index contributed by atoms with van der Waals surface area (Å²) in [6.45, 7) is -0.346. The van der Waals surface area contributed by atoms with Crippen LogP contribution in [0.5, 0.6) is 0 Å². The molecule has 0 bridgehead atoms. The van der Waals surface area contributed by atoms with Crippen molar-refractivity contribution < 1.29 is 8.78 Å². The summed E-state index contributed by atoms with van der Waals surface area (Å²) in [4.78, 5) is 0. The normalized spacial score (nSPS) is 29.6. The van der Waals surface area contributed by atoms with Crippen LogP contribution in [0.4, 0.5) is 8.78 Å². The highest BCUT2D eigenvalue weighted by Crippen LogP contribution is 2.44. The average Bonchev–Trinajstić information content (AvgIpc) is 2.69. The van der Waals surface area contributed by atoms with Gasteiger partial charge in [-0.05, 0) is 99.2 Å². The van der Waals surface area contributed by atoms with Crippen molar-refractivity contribution in [1.82, 2.24) is 0 Å². The topological polar surface area (TPSA) is 23.8 Å². The van der Waals surface area contributed by atoms with E-state index in [1.54, 1.807) is 18.2 Å². The van der Waals surface area contributed by atoms with E-state index in [9.17, 15) is 8.78 Å². The summed E-state index contributed by atoms with van der Waals surface area (Å²) in [5, 5.41) is 8.87. The van der Waals surface area contributed by atoms with Gasteiger partial charge >= 0.3 is 0 Å². The lowest BCUT2D eigenvalue weighted by Crippen LogP contribution is -2.25. The van der Waals surface area contributed by atoms with Crippen LogP contribution >= 0.6 is 0 Å². The van der Waals surface area contributed by atoms with Crippen LogP contribution in [0.1, 0.15) is 74.8 Å². The fraction of sp³-hybridized carbons (Fsp3) is 0.609. The van der Waals surface area contributed by atoms with Gasteiger partial charge in [0.1, 0.15) is 18.6 Å². The largest absolute Gasteiger partial charge is 0.247 e. The van der Waals surface area contributed by atoms with Crippen molar-refractivity contribution in [2.75, 3.05) is 6.67 Å². The maximum atomic E-state index is 13.9. The highest BCUT2D eigenvalue weighted by atomic mass is 19.1. The lowest BCUT2D eigenvalue weighted by molar-refractivity contribution is 0.160. The molecule has 3 heteroatoms. The molecule has 26 heavy (non-hydrogen) atoms. The second-order valence-electron chi connectivity index (χ2n) is 8.11. The van der Waals surface area contributed by atoms with Gasteiger partial charge in [-0.3, -0.25) is 0 Å². The van der Waals surface area contributed by atoms with Gasteiger partial charge in [0.25, 0.3) is 0 Å². The minimum absolute atomic E-state index is 0.139. The quantitative estimate of drug-likeness (QED) is 0.538. The Kier molecular flexibility index (Phi) is 6.83. The zero-order valence-electron chi connectivity index (χ0n) is 15.5. The standard InChI is InChI=1S/C23H29F2N/c24-14-2-1-3-17-4-6-18(7-5-17)19-8-10-20(11-9-19)21-12-13-22(16-26)23(25)15-21/h1-2,12-13,15,17-20H,3-11,14H2/b2-1+. The third kappa shape index (κ3) is 4.72. The predicted molar refractivity (Wildman–Crippen MR) is 101 cm³/mol. The molecule has 2 aliphatic carbocycles. The van der Waals surface area contributed by atoms with Crippen LogP contribution in [0.15, 0.2) is 30.4 Å². The fourth-order valence-corrected chi connectivity index (χ4v) is 5.05. The first-order valence-corrected chi connectivity index (χ1v) is 10.1. The Morgan fingerprint density at radius 2 is 1.62 bits per heavy atom. The molecule has 0 atom stereocenters. The molecule has 0 N–H and O–H groups in total. The highest BCUT2D eigenvalue weighted by molar-refractivity contribution is 5.34. The van der Waals surface area contributed by atoms with Crippen LogP contribution in [0.3, 0.4) is 0 Å². The van der Waals surface area contributed by atoms with Gasteiger partial charge in [0.15, 0.2) is 0 Å². The van der Waals surface area contributed by atoms with Crippen molar-refractivity contribution in [3.05, 3.63) is 47.3 Å². The molecule has 1 nitrogen and oxygen atoms in total. The highest BCUT2D eigenvalue weighted by Gasteiger charge is 2.31. The summed E-state index contributed by atoms with van der Waals surface area (Å²) in [6, 6.07) is 7.02. The average molecular weight is 357 g/mol. The SMILES string of the molecule is N#Cc1ccc(C2CCC(C3CCC(C/C=C/CF)CC3)CC2)cc1F. The van der Waals surface area contributed by atoms with Crippen LogP contribution < -0.4 is 0 Å². The summed E-state index contributed by atoms with van der Waals surface area (Å²) in [6.07, 6.45) is 14.6. The zero-order valence-corrected chi connectivity index (χ0v) is 15.5. The molecular formula is C23H29F2N. The lowest BCUT2D eigenvalue weighted by atomic mass is 9.68. The molecule has 0 amide bonds. The number of nitriles is 1. The van der Waals surface area contributed by atoms with E-state index in [1.807, 2.05) is 18.2 Å². The minimum atomic E-state index is -0.382. The number of halogens is 2. The Morgan fingerprint density at radius 3 is 2.19 bits per heavy atom. The smallest absolute Gasteiger partial charge is 0.141 e. The van der Waals surface area contributed by atoms with E-state index in [0.29, 0.717) is 5.92 Å². The molecule has 1 aromatic rings. The molecule has 140 valence electrons. The monoisotopic (exact) mass is 357 g/mol. The van der Waals surface area contributed by atoms with Crippen LogP contribution in [0.25, 0.3) is 0 Å².